The number of anilines is 3. The van der Waals surface area contributed by atoms with Crippen molar-refractivity contribution in [1.29, 1.82) is 0 Å². The number of nitrogens with two attached hydrogens (primary N) is 1. The van der Waals surface area contributed by atoms with E-state index in [9.17, 15) is 4.79 Å². The summed E-state index contributed by atoms with van der Waals surface area (Å²) in [6, 6.07) is 12.7. The lowest BCUT2D eigenvalue weighted by Gasteiger charge is -2.24. The maximum Gasteiger partial charge on any atom is 0.340 e. The van der Waals surface area contributed by atoms with Crippen LogP contribution in [0.3, 0.4) is 0 Å². The van der Waals surface area contributed by atoms with E-state index in [1.807, 2.05) is 36.2 Å². The van der Waals surface area contributed by atoms with Crippen LogP contribution in [0.2, 0.25) is 0 Å². The Morgan fingerprint density at radius 1 is 1.14 bits per heavy atom. The van der Waals surface area contributed by atoms with Crippen molar-refractivity contribution in [2.24, 2.45) is 0 Å². The van der Waals surface area contributed by atoms with Crippen LogP contribution in [-0.4, -0.2) is 27.2 Å². The quantitative estimate of drug-likeness (QED) is 0.691. The maximum absolute atomic E-state index is 11.9. The van der Waals surface area contributed by atoms with E-state index in [1.54, 1.807) is 25.3 Å². The first-order valence-electron chi connectivity index (χ1n) is 6.43. The maximum atomic E-state index is 11.9. The van der Waals surface area contributed by atoms with Crippen molar-refractivity contribution in [3.8, 4) is 5.75 Å². The second-order valence-corrected chi connectivity index (χ2v) is 4.50. The van der Waals surface area contributed by atoms with Gasteiger partial charge in [-0.05, 0) is 24.3 Å². The van der Waals surface area contributed by atoms with Gasteiger partial charge in [0.15, 0.2) is 0 Å². The number of benzene rings is 2. The minimum Gasteiger partial charge on any atom is -0.497 e. The van der Waals surface area contributed by atoms with E-state index >= 15 is 0 Å². The number of para-hydroxylation sites is 1. The molecule has 5 nitrogen and oxygen atoms in total. The third kappa shape index (κ3) is 2.91. The largest absolute Gasteiger partial charge is 0.497 e. The van der Waals surface area contributed by atoms with Crippen LogP contribution < -0.4 is 15.4 Å². The molecule has 110 valence electrons. The fourth-order valence-corrected chi connectivity index (χ4v) is 2.16. The molecule has 0 aliphatic heterocycles. The first-order valence-corrected chi connectivity index (χ1v) is 6.43. The number of hydrogen-bond donors (Lipinski definition) is 1. The van der Waals surface area contributed by atoms with Gasteiger partial charge in [-0.2, -0.15) is 0 Å². The van der Waals surface area contributed by atoms with Gasteiger partial charge < -0.3 is 20.1 Å². The van der Waals surface area contributed by atoms with E-state index in [2.05, 4.69) is 0 Å². The van der Waals surface area contributed by atoms with Crippen LogP contribution >= 0.6 is 0 Å². The Hall–Kier alpha value is -2.69. The molecule has 0 amide bonds. The summed E-state index contributed by atoms with van der Waals surface area (Å²) in [6.07, 6.45) is 0. The van der Waals surface area contributed by atoms with Crippen molar-refractivity contribution in [2.75, 3.05) is 31.9 Å². The Morgan fingerprint density at radius 3 is 2.52 bits per heavy atom. The first-order chi connectivity index (χ1) is 10.1. The Kier molecular flexibility index (Phi) is 4.33. The van der Waals surface area contributed by atoms with Crippen molar-refractivity contribution in [1.82, 2.24) is 0 Å². The topological polar surface area (TPSA) is 64.8 Å². The molecule has 2 rings (SSSR count). The number of nitrogens with zero attached hydrogens (tertiary/aromatic N) is 1. The summed E-state index contributed by atoms with van der Waals surface area (Å²) in [4.78, 5) is 13.8. The third-order valence-corrected chi connectivity index (χ3v) is 3.25. The number of carbonyl (C=O) groups excluding carboxylic acids is 1. The second-order valence-electron chi connectivity index (χ2n) is 4.50. The minimum atomic E-state index is -0.424. The molecular formula is C16H18N2O3. The molecule has 5 heteroatoms. The van der Waals surface area contributed by atoms with E-state index in [1.165, 1.54) is 7.11 Å². The number of ether oxygens (including phenoxy) is 2. The Bertz CT molecular complexity index is 656. The molecule has 0 radical (unpaired) electrons. The normalized spacial score (nSPS) is 10.0. The molecule has 2 aromatic rings. The van der Waals surface area contributed by atoms with Crippen LogP contribution in [0.1, 0.15) is 10.4 Å². The van der Waals surface area contributed by atoms with Crippen molar-refractivity contribution in [3.63, 3.8) is 0 Å². The predicted molar refractivity (Wildman–Crippen MR) is 83.3 cm³/mol. The van der Waals surface area contributed by atoms with Gasteiger partial charge in [0.25, 0.3) is 0 Å². The van der Waals surface area contributed by atoms with Gasteiger partial charge in [0.2, 0.25) is 0 Å². The highest BCUT2D eigenvalue weighted by molar-refractivity contribution is 6.00. The number of nitrogen functional groups attached to an aromatic ring is 1. The van der Waals surface area contributed by atoms with Gasteiger partial charge in [-0.1, -0.05) is 12.1 Å². The lowest BCUT2D eigenvalue weighted by molar-refractivity contribution is 0.0601. The number of rotatable bonds is 4. The molecule has 0 bridgehead atoms. The molecule has 0 spiro atoms. The molecule has 2 aromatic carbocycles. The molecule has 0 saturated carbocycles. The average Bonchev–Trinajstić information content (AvgIpc) is 2.53. The highest BCUT2D eigenvalue weighted by Gasteiger charge is 2.18. The summed E-state index contributed by atoms with van der Waals surface area (Å²) in [5.41, 5.74) is 8.43. The van der Waals surface area contributed by atoms with Gasteiger partial charge in [-0.25, -0.2) is 4.79 Å². The van der Waals surface area contributed by atoms with Crippen LogP contribution in [0.15, 0.2) is 42.5 Å². The van der Waals surface area contributed by atoms with Crippen molar-refractivity contribution in [3.05, 3.63) is 48.0 Å². The van der Waals surface area contributed by atoms with E-state index in [4.69, 9.17) is 15.2 Å². The zero-order chi connectivity index (χ0) is 15.4. The molecule has 0 fully saturated rings. The van der Waals surface area contributed by atoms with Crippen molar-refractivity contribution >= 4 is 23.0 Å². The SMILES string of the molecule is COC(=O)c1cccc(N)c1N(C)c1cccc(OC)c1. The Morgan fingerprint density at radius 2 is 1.86 bits per heavy atom. The van der Waals surface area contributed by atoms with Crippen LogP contribution in [0.4, 0.5) is 17.1 Å². The third-order valence-electron chi connectivity index (χ3n) is 3.25. The summed E-state index contributed by atoms with van der Waals surface area (Å²) in [6.45, 7) is 0. The number of carbonyl (C=O) groups is 1. The van der Waals surface area contributed by atoms with Crippen LogP contribution in [0.5, 0.6) is 5.75 Å². The summed E-state index contributed by atoms with van der Waals surface area (Å²) >= 11 is 0. The Balaban J connectivity index is 2.51. The van der Waals surface area contributed by atoms with Gasteiger partial charge in [0.05, 0.1) is 31.2 Å². The van der Waals surface area contributed by atoms with E-state index in [0.717, 1.165) is 11.4 Å². The number of esters is 1. The number of hydrogen-bond acceptors (Lipinski definition) is 5. The fourth-order valence-electron chi connectivity index (χ4n) is 2.16. The van der Waals surface area contributed by atoms with Gasteiger partial charge >= 0.3 is 5.97 Å². The standard InChI is InChI=1S/C16H18N2O3/c1-18(11-6-4-7-12(10-11)20-2)15-13(16(19)21-3)8-5-9-14(15)17/h4-10H,17H2,1-3H3. The van der Waals surface area contributed by atoms with Crippen molar-refractivity contribution < 1.29 is 14.3 Å². The van der Waals surface area contributed by atoms with E-state index in [-0.39, 0.29) is 0 Å². The molecule has 0 saturated heterocycles. The van der Waals surface area contributed by atoms with E-state index < -0.39 is 5.97 Å². The summed E-state index contributed by atoms with van der Waals surface area (Å²) in [7, 11) is 4.80. The summed E-state index contributed by atoms with van der Waals surface area (Å²) in [5.74, 6) is 0.306. The molecule has 0 aromatic heterocycles. The molecule has 0 aliphatic rings. The van der Waals surface area contributed by atoms with Gasteiger partial charge in [0, 0.05) is 18.8 Å². The van der Waals surface area contributed by atoms with E-state index in [0.29, 0.717) is 16.9 Å². The molecule has 21 heavy (non-hydrogen) atoms. The van der Waals surface area contributed by atoms with Crippen LogP contribution in [0.25, 0.3) is 0 Å². The van der Waals surface area contributed by atoms with Crippen molar-refractivity contribution in [2.45, 2.75) is 0 Å². The molecule has 0 unspecified atom stereocenters. The highest BCUT2D eigenvalue weighted by Crippen LogP contribution is 2.34. The number of methoxy groups -OCH3 is 2. The molecule has 0 atom stereocenters. The molecule has 2 N–H and O–H groups in total. The second kappa shape index (κ2) is 6.17. The average molecular weight is 286 g/mol. The zero-order valence-corrected chi connectivity index (χ0v) is 12.3. The van der Waals surface area contributed by atoms with Crippen LogP contribution in [-0.2, 0) is 4.74 Å². The lowest BCUT2D eigenvalue weighted by atomic mass is 10.1. The zero-order valence-electron chi connectivity index (χ0n) is 12.3. The highest BCUT2D eigenvalue weighted by atomic mass is 16.5. The first kappa shape index (κ1) is 14.7. The van der Waals surface area contributed by atoms with Gasteiger partial charge in [0.1, 0.15) is 5.75 Å². The Labute approximate surface area is 123 Å². The van der Waals surface area contributed by atoms with Gasteiger partial charge in [-0.3, -0.25) is 0 Å². The monoisotopic (exact) mass is 286 g/mol. The molecule has 0 aliphatic carbocycles. The van der Waals surface area contributed by atoms with Crippen LogP contribution in [0, 0.1) is 0 Å². The smallest absolute Gasteiger partial charge is 0.340 e. The predicted octanol–water partition coefficient (Wildman–Crippen LogP) is 2.83. The lowest BCUT2D eigenvalue weighted by Crippen LogP contribution is -2.16. The minimum absolute atomic E-state index is 0.419. The summed E-state index contributed by atoms with van der Waals surface area (Å²) in [5, 5.41) is 0. The molecular weight excluding hydrogens is 268 g/mol. The van der Waals surface area contributed by atoms with Gasteiger partial charge in [-0.15, -0.1) is 0 Å². The molecule has 0 heterocycles. The fraction of sp³-hybridized carbons (Fsp3) is 0.188. The summed E-state index contributed by atoms with van der Waals surface area (Å²) < 4.78 is 10.0.